The van der Waals surface area contributed by atoms with E-state index in [4.69, 9.17) is 5.73 Å². The molecular weight excluding hydrogens is 208 g/mol. The Morgan fingerprint density at radius 1 is 1.29 bits per heavy atom. The third kappa shape index (κ3) is 4.14. The smallest absolute Gasteiger partial charge is 0.0196 e. The Balaban J connectivity index is 1.80. The summed E-state index contributed by atoms with van der Waals surface area (Å²) in [5.74, 6) is 1.51. The van der Waals surface area contributed by atoms with Gasteiger partial charge in [-0.1, -0.05) is 37.3 Å². The average Bonchev–Trinajstić information content (AvgIpc) is 3.19. The number of rotatable bonds is 7. The summed E-state index contributed by atoms with van der Waals surface area (Å²) < 4.78 is 0. The van der Waals surface area contributed by atoms with Crippen LogP contribution in [0, 0.1) is 5.92 Å². The van der Waals surface area contributed by atoms with Gasteiger partial charge in [-0.05, 0) is 43.2 Å². The van der Waals surface area contributed by atoms with E-state index in [1.165, 1.54) is 18.4 Å². The van der Waals surface area contributed by atoms with Crippen LogP contribution < -0.4 is 11.1 Å². The van der Waals surface area contributed by atoms with Gasteiger partial charge >= 0.3 is 0 Å². The minimum Gasteiger partial charge on any atom is -0.329 e. The normalized spacial score (nSPS) is 18.9. The summed E-state index contributed by atoms with van der Waals surface area (Å²) in [5, 5.41) is 3.61. The van der Waals surface area contributed by atoms with E-state index in [2.05, 4.69) is 42.6 Å². The summed E-state index contributed by atoms with van der Waals surface area (Å²) in [7, 11) is 0. The van der Waals surface area contributed by atoms with Crippen molar-refractivity contribution in [2.45, 2.75) is 38.1 Å². The zero-order valence-corrected chi connectivity index (χ0v) is 10.7. The first-order valence-corrected chi connectivity index (χ1v) is 6.78. The van der Waals surface area contributed by atoms with Crippen molar-refractivity contribution in [1.82, 2.24) is 5.32 Å². The molecule has 1 aromatic carbocycles. The molecule has 0 heterocycles. The topological polar surface area (TPSA) is 38.0 Å². The molecule has 2 rings (SSSR count). The van der Waals surface area contributed by atoms with E-state index in [0.717, 1.165) is 25.4 Å². The molecule has 3 N–H and O–H groups in total. The lowest BCUT2D eigenvalue weighted by Crippen LogP contribution is -2.38. The molecule has 1 saturated carbocycles. The first-order valence-electron chi connectivity index (χ1n) is 6.78. The molecule has 2 nitrogen and oxygen atoms in total. The van der Waals surface area contributed by atoms with Crippen molar-refractivity contribution in [3.63, 3.8) is 0 Å². The third-order valence-corrected chi connectivity index (χ3v) is 3.68. The molecule has 94 valence electrons. The Bertz CT molecular complexity index is 319. The first-order chi connectivity index (χ1) is 8.29. The zero-order chi connectivity index (χ0) is 12.1. The molecule has 0 aromatic heterocycles. The van der Waals surface area contributed by atoms with Crippen LogP contribution in [0.1, 0.15) is 37.7 Å². The quantitative estimate of drug-likeness (QED) is 0.758. The number of hydrogen-bond donors (Lipinski definition) is 2. The summed E-state index contributed by atoms with van der Waals surface area (Å²) in [5.41, 5.74) is 7.26. The molecule has 0 aliphatic heterocycles. The van der Waals surface area contributed by atoms with Gasteiger partial charge < -0.3 is 11.1 Å². The summed E-state index contributed by atoms with van der Waals surface area (Å²) in [4.78, 5) is 0. The largest absolute Gasteiger partial charge is 0.329 e. The van der Waals surface area contributed by atoms with E-state index in [-0.39, 0.29) is 0 Å². The fraction of sp³-hybridized carbons (Fsp3) is 0.600. The van der Waals surface area contributed by atoms with Gasteiger partial charge in [0.1, 0.15) is 0 Å². The maximum absolute atomic E-state index is 5.84. The van der Waals surface area contributed by atoms with E-state index in [0.29, 0.717) is 12.0 Å². The second kappa shape index (κ2) is 6.18. The number of nitrogens with two attached hydrogens (primary N) is 1. The molecule has 17 heavy (non-hydrogen) atoms. The SMILES string of the molecule is CC(CC(CN)NCC1CC1)c1ccccc1. The highest BCUT2D eigenvalue weighted by atomic mass is 14.9. The second-order valence-corrected chi connectivity index (χ2v) is 5.33. The van der Waals surface area contributed by atoms with Crippen LogP contribution in [0.4, 0.5) is 0 Å². The molecule has 1 aliphatic rings. The minimum atomic E-state index is 0.464. The van der Waals surface area contributed by atoms with Crippen molar-refractivity contribution in [2.24, 2.45) is 11.7 Å². The minimum absolute atomic E-state index is 0.464. The van der Waals surface area contributed by atoms with Gasteiger partial charge in [0.15, 0.2) is 0 Å². The van der Waals surface area contributed by atoms with Crippen molar-refractivity contribution in [3.8, 4) is 0 Å². The molecule has 0 bridgehead atoms. The monoisotopic (exact) mass is 232 g/mol. The summed E-state index contributed by atoms with van der Waals surface area (Å²) >= 11 is 0. The van der Waals surface area contributed by atoms with Crippen molar-refractivity contribution < 1.29 is 0 Å². The second-order valence-electron chi connectivity index (χ2n) is 5.33. The van der Waals surface area contributed by atoms with Crippen LogP contribution >= 0.6 is 0 Å². The molecule has 2 atom stereocenters. The van der Waals surface area contributed by atoms with Crippen LogP contribution in [0.15, 0.2) is 30.3 Å². The molecule has 1 aromatic rings. The number of nitrogens with one attached hydrogen (secondary N) is 1. The number of benzene rings is 1. The zero-order valence-electron chi connectivity index (χ0n) is 10.7. The van der Waals surface area contributed by atoms with Gasteiger partial charge in [-0.15, -0.1) is 0 Å². The van der Waals surface area contributed by atoms with Crippen LogP contribution in [-0.2, 0) is 0 Å². The molecule has 2 heteroatoms. The highest BCUT2D eigenvalue weighted by Gasteiger charge is 2.22. The lowest BCUT2D eigenvalue weighted by Gasteiger charge is -2.21. The summed E-state index contributed by atoms with van der Waals surface area (Å²) in [6, 6.07) is 11.2. The predicted octanol–water partition coefficient (Wildman–Crippen LogP) is 2.51. The molecule has 1 aliphatic carbocycles. The lowest BCUT2D eigenvalue weighted by atomic mass is 9.94. The Morgan fingerprint density at radius 2 is 2.00 bits per heavy atom. The van der Waals surface area contributed by atoms with Gasteiger partial charge in [-0.3, -0.25) is 0 Å². The summed E-state index contributed by atoms with van der Waals surface area (Å²) in [6.07, 6.45) is 3.93. The van der Waals surface area contributed by atoms with E-state index in [1.807, 2.05) is 0 Å². The van der Waals surface area contributed by atoms with Gasteiger partial charge in [0.25, 0.3) is 0 Å². The average molecular weight is 232 g/mol. The molecule has 1 fully saturated rings. The van der Waals surface area contributed by atoms with Gasteiger partial charge in [0.05, 0.1) is 0 Å². The van der Waals surface area contributed by atoms with E-state index >= 15 is 0 Å². The van der Waals surface area contributed by atoms with Crippen molar-refractivity contribution in [1.29, 1.82) is 0 Å². The fourth-order valence-corrected chi connectivity index (χ4v) is 2.26. The lowest BCUT2D eigenvalue weighted by molar-refractivity contribution is 0.448. The molecule has 2 unspecified atom stereocenters. The van der Waals surface area contributed by atoms with Gasteiger partial charge in [-0.2, -0.15) is 0 Å². The van der Waals surface area contributed by atoms with Crippen LogP contribution in [-0.4, -0.2) is 19.1 Å². The highest BCUT2D eigenvalue weighted by molar-refractivity contribution is 5.18. The first kappa shape index (κ1) is 12.6. The fourth-order valence-electron chi connectivity index (χ4n) is 2.26. The Kier molecular flexibility index (Phi) is 4.57. The van der Waals surface area contributed by atoms with E-state index in [9.17, 15) is 0 Å². The Hall–Kier alpha value is -0.860. The van der Waals surface area contributed by atoms with Gasteiger partial charge in [-0.25, -0.2) is 0 Å². The van der Waals surface area contributed by atoms with Gasteiger partial charge in [0.2, 0.25) is 0 Å². The van der Waals surface area contributed by atoms with Crippen molar-refractivity contribution in [3.05, 3.63) is 35.9 Å². The van der Waals surface area contributed by atoms with Crippen LogP contribution in [0.2, 0.25) is 0 Å². The predicted molar refractivity (Wildman–Crippen MR) is 73.0 cm³/mol. The molecule has 0 spiro atoms. The van der Waals surface area contributed by atoms with E-state index < -0.39 is 0 Å². The van der Waals surface area contributed by atoms with Crippen molar-refractivity contribution in [2.75, 3.05) is 13.1 Å². The standard InChI is InChI=1S/C15H24N2/c1-12(14-5-3-2-4-6-14)9-15(10-16)17-11-13-7-8-13/h2-6,12-13,15,17H,7-11,16H2,1H3. The van der Waals surface area contributed by atoms with Crippen LogP contribution in [0.5, 0.6) is 0 Å². The van der Waals surface area contributed by atoms with Crippen molar-refractivity contribution >= 4 is 0 Å². The molecular formula is C15H24N2. The maximum atomic E-state index is 5.84. The Labute approximate surface area is 105 Å². The van der Waals surface area contributed by atoms with E-state index in [1.54, 1.807) is 0 Å². The molecule has 0 radical (unpaired) electrons. The Morgan fingerprint density at radius 3 is 2.59 bits per heavy atom. The third-order valence-electron chi connectivity index (χ3n) is 3.68. The molecule has 0 amide bonds. The highest BCUT2D eigenvalue weighted by Crippen LogP contribution is 2.28. The van der Waals surface area contributed by atoms with Gasteiger partial charge in [0, 0.05) is 12.6 Å². The summed E-state index contributed by atoms with van der Waals surface area (Å²) in [6.45, 7) is 4.18. The number of hydrogen-bond acceptors (Lipinski definition) is 2. The van der Waals surface area contributed by atoms with Crippen LogP contribution in [0.3, 0.4) is 0 Å². The maximum Gasteiger partial charge on any atom is 0.0196 e. The van der Waals surface area contributed by atoms with Crippen LogP contribution in [0.25, 0.3) is 0 Å². The molecule has 0 saturated heterocycles.